The molecule has 0 spiro atoms. The summed E-state index contributed by atoms with van der Waals surface area (Å²) in [6, 6.07) is 9.30. The average molecular weight is 369 g/mol. The second-order valence-corrected chi connectivity index (χ2v) is 6.85. The van der Waals surface area contributed by atoms with Gasteiger partial charge in [-0.15, -0.1) is 11.3 Å². The summed E-state index contributed by atoms with van der Waals surface area (Å²) >= 11 is 1.61. The Balaban J connectivity index is 1.70. The van der Waals surface area contributed by atoms with Crippen molar-refractivity contribution in [3.63, 3.8) is 0 Å². The predicted octanol–water partition coefficient (Wildman–Crippen LogP) is 5.24. The number of methoxy groups -OCH3 is 1. The Labute approximate surface area is 156 Å². The minimum Gasteiger partial charge on any atom is -0.497 e. The molecule has 134 valence electrons. The van der Waals surface area contributed by atoms with Crippen molar-refractivity contribution in [3.8, 4) is 5.75 Å². The van der Waals surface area contributed by atoms with Crippen LogP contribution in [0.3, 0.4) is 0 Å². The molecule has 1 unspecified atom stereocenters. The number of anilines is 1. The summed E-state index contributed by atoms with van der Waals surface area (Å²) in [6.07, 6.45) is 7.72. The molecule has 1 N–H and O–H groups in total. The number of pyridine rings is 1. The summed E-state index contributed by atoms with van der Waals surface area (Å²) < 4.78 is 20.2. The van der Waals surface area contributed by atoms with Crippen LogP contribution in [0.25, 0.3) is 22.4 Å². The lowest BCUT2D eigenvalue weighted by molar-refractivity contribution is 0.415. The predicted molar refractivity (Wildman–Crippen MR) is 107 cm³/mol. The summed E-state index contributed by atoms with van der Waals surface area (Å²) in [5.41, 5.74) is 1.42. The topological polar surface area (TPSA) is 47.0 Å². The highest BCUT2D eigenvalue weighted by Gasteiger charge is 2.04. The molecule has 0 aliphatic heterocycles. The zero-order chi connectivity index (χ0) is 18.5. The number of thiazole rings is 1. The largest absolute Gasteiger partial charge is 0.497 e. The van der Waals surface area contributed by atoms with Crippen molar-refractivity contribution in [2.45, 2.75) is 6.92 Å². The fourth-order valence-electron chi connectivity index (χ4n) is 2.38. The van der Waals surface area contributed by atoms with E-state index in [0.717, 1.165) is 21.0 Å². The molecule has 2 aromatic heterocycles. The molecule has 2 heterocycles. The molecule has 3 rings (SSSR count). The van der Waals surface area contributed by atoms with Crippen LogP contribution >= 0.6 is 11.3 Å². The summed E-state index contributed by atoms with van der Waals surface area (Å²) in [6.45, 7) is 2.04. The number of ether oxygens (including phenoxy) is 1. The van der Waals surface area contributed by atoms with Gasteiger partial charge in [-0.3, -0.25) is 0 Å². The van der Waals surface area contributed by atoms with Crippen molar-refractivity contribution in [2.75, 3.05) is 19.5 Å². The Morgan fingerprint density at radius 3 is 2.69 bits per heavy atom. The number of aromatic nitrogens is 2. The normalized spacial score (nSPS) is 12.9. The highest BCUT2D eigenvalue weighted by molar-refractivity contribution is 7.19. The van der Waals surface area contributed by atoms with Crippen molar-refractivity contribution in [1.29, 1.82) is 0 Å². The number of nitrogens with zero attached hydrogens (tertiary/aromatic N) is 2. The molecule has 3 aromatic rings. The number of fused-ring (bicyclic) bond motifs is 1. The highest BCUT2D eigenvalue weighted by atomic mass is 32.1. The van der Waals surface area contributed by atoms with Crippen LogP contribution in [-0.4, -0.2) is 24.1 Å². The molecule has 26 heavy (non-hydrogen) atoms. The van der Waals surface area contributed by atoms with E-state index in [2.05, 4.69) is 15.3 Å². The van der Waals surface area contributed by atoms with Gasteiger partial charge < -0.3 is 10.1 Å². The monoisotopic (exact) mass is 369 g/mol. The SMILES string of the molecule is CNc1ccc(/C=C/C(C)/C=C/c2nc3ccc(OC)cc3s2)c(F)n1. The van der Waals surface area contributed by atoms with Gasteiger partial charge in [0.1, 0.15) is 16.6 Å². The molecule has 0 saturated carbocycles. The van der Waals surface area contributed by atoms with E-state index in [9.17, 15) is 4.39 Å². The number of benzene rings is 1. The van der Waals surface area contributed by atoms with E-state index in [1.165, 1.54) is 0 Å². The van der Waals surface area contributed by atoms with Gasteiger partial charge in [-0.2, -0.15) is 4.39 Å². The van der Waals surface area contributed by atoms with E-state index in [-0.39, 0.29) is 5.92 Å². The summed E-state index contributed by atoms with van der Waals surface area (Å²) in [5.74, 6) is 0.997. The van der Waals surface area contributed by atoms with Gasteiger partial charge >= 0.3 is 0 Å². The molecule has 0 fully saturated rings. The Bertz CT molecular complexity index is 965. The van der Waals surface area contributed by atoms with Gasteiger partial charge in [-0.1, -0.05) is 25.2 Å². The lowest BCUT2D eigenvalue weighted by atomic mass is 10.1. The minimum absolute atomic E-state index is 0.139. The maximum Gasteiger partial charge on any atom is 0.222 e. The third kappa shape index (κ3) is 4.26. The van der Waals surface area contributed by atoms with Crippen LogP contribution in [0.4, 0.5) is 10.2 Å². The van der Waals surface area contributed by atoms with Gasteiger partial charge in [0.25, 0.3) is 0 Å². The van der Waals surface area contributed by atoms with Crippen molar-refractivity contribution in [3.05, 3.63) is 59.0 Å². The molecule has 4 nitrogen and oxygen atoms in total. The number of nitrogens with one attached hydrogen (secondary N) is 1. The van der Waals surface area contributed by atoms with E-state index >= 15 is 0 Å². The smallest absolute Gasteiger partial charge is 0.222 e. The van der Waals surface area contributed by atoms with Gasteiger partial charge in [0.05, 0.1) is 17.3 Å². The van der Waals surface area contributed by atoms with Crippen LogP contribution in [0.1, 0.15) is 17.5 Å². The van der Waals surface area contributed by atoms with Crippen LogP contribution in [0.5, 0.6) is 5.75 Å². The fourth-order valence-corrected chi connectivity index (χ4v) is 3.29. The first-order valence-electron chi connectivity index (χ1n) is 8.24. The number of allylic oxidation sites excluding steroid dienone is 2. The van der Waals surface area contributed by atoms with E-state index in [0.29, 0.717) is 11.4 Å². The van der Waals surface area contributed by atoms with Crippen LogP contribution in [-0.2, 0) is 0 Å². The lowest BCUT2D eigenvalue weighted by Crippen LogP contribution is -1.96. The van der Waals surface area contributed by atoms with Gasteiger partial charge in [0.15, 0.2) is 0 Å². The first kappa shape index (κ1) is 18.1. The minimum atomic E-state index is -0.482. The van der Waals surface area contributed by atoms with E-state index in [1.807, 2.05) is 43.4 Å². The molecule has 6 heteroatoms. The first-order valence-corrected chi connectivity index (χ1v) is 9.06. The zero-order valence-corrected chi connectivity index (χ0v) is 15.7. The third-order valence-electron chi connectivity index (χ3n) is 3.87. The second-order valence-electron chi connectivity index (χ2n) is 5.79. The summed E-state index contributed by atoms with van der Waals surface area (Å²) in [7, 11) is 3.37. The van der Waals surface area contributed by atoms with Gasteiger partial charge in [-0.25, -0.2) is 9.97 Å². The number of rotatable bonds is 6. The molecule has 0 bridgehead atoms. The number of hydrogen-bond donors (Lipinski definition) is 1. The fraction of sp³-hybridized carbons (Fsp3) is 0.200. The first-order chi connectivity index (χ1) is 12.6. The van der Waals surface area contributed by atoms with E-state index in [1.54, 1.807) is 43.7 Å². The van der Waals surface area contributed by atoms with Gasteiger partial charge in [0, 0.05) is 12.6 Å². The number of halogens is 1. The van der Waals surface area contributed by atoms with Crippen LogP contribution in [0.2, 0.25) is 0 Å². The van der Waals surface area contributed by atoms with Gasteiger partial charge in [0.2, 0.25) is 5.95 Å². The van der Waals surface area contributed by atoms with Crippen molar-refractivity contribution < 1.29 is 9.13 Å². The molecule has 1 atom stereocenters. The lowest BCUT2D eigenvalue weighted by Gasteiger charge is -2.02. The summed E-state index contributed by atoms with van der Waals surface area (Å²) in [5, 5.41) is 3.75. The van der Waals surface area contributed by atoms with E-state index < -0.39 is 5.95 Å². The Kier molecular flexibility index (Phi) is 5.63. The molecule has 0 saturated heterocycles. The van der Waals surface area contributed by atoms with Crippen LogP contribution in [0.15, 0.2) is 42.5 Å². The van der Waals surface area contributed by atoms with Crippen molar-refractivity contribution >= 4 is 39.5 Å². The van der Waals surface area contributed by atoms with Crippen molar-refractivity contribution in [1.82, 2.24) is 9.97 Å². The molecular weight excluding hydrogens is 349 g/mol. The second kappa shape index (κ2) is 8.10. The molecular formula is C20H20FN3OS. The Morgan fingerprint density at radius 2 is 1.96 bits per heavy atom. The molecule has 0 aliphatic carbocycles. The quantitative estimate of drug-likeness (QED) is 0.603. The Hall–Kier alpha value is -2.73. The summed E-state index contributed by atoms with van der Waals surface area (Å²) in [4.78, 5) is 8.42. The molecule has 0 radical (unpaired) electrons. The standard InChI is InChI=1S/C20H20FN3OS/c1-13(4-6-14-7-10-18(22-2)24-20(14)21)5-11-19-23-16-9-8-15(25-3)12-17(16)26-19/h4-13H,1-3H3,(H,22,24)/b6-4+,11-5+. The average Bonchev–Trinajstić information content (AvgIpc) is 3.07. The highest BCUT2D eigenvalue weighted by Crippen LogP contribution is 2.27. The van der Waals surface area contributed by atoms with E-state index in [4.69, 9.17) is 4.74 Å². The molecule has 0 amide bonds. The Morgan fingerprint density at radius 1 is 1.15 bits per heavy atom. The third-order valence-corrected chi connectivity index (χ3v) is 4.85. The zero-order valence-electron chi connectivity index (χ0n) is 14.9. The number of hydrogen-bond acceptors (Lipinski definition) is 5. The molecule has 0 aliphatic rings. The van der Waals surface area contributed by atoms with Crippen LogP contribution < -0.4 is 10.1 Å². The van der Waals surface area contributed by atoms with Crippen LogP contribution in [0, 0.1) is 11.9 Å². The van der Waals surface area contributed by atoms with Crippen molar-refractivity contribution in [2.24, 2.45) is 5.92 Å². The molecule has 1 aromatic carbocycles. The maximum atomic E-state index is 13.9. The van der Waals surface area contributed by atoms with Gasteiger partial charge in [-0.05, 0) is 42.3 Å². The maximum absolute atomic E-state index is 13.9.